The van der Waals surface area contributed by atoms with Crippen LogP contribution in [0.5, 0.6) is 0 Å². The van der Waals surface area contributed by atoms with Crippen molar-refractivity contribution in [1.82, 2.24) is 33.8 Å². The van der Waals surface area contributed by atoms with Crippen LogP contribution in [0.4, 0.5) is 5.95 Å². The van der Waals surface area contributed by atoms with Crippen LogP contribution < -0.4 is 16.1 Å². The summed E-state index contributed by atoms with van der Waals surface area (Å²) in [5.41, 5.74) is 0.411. The lowest BCUT2D eigenvalue weighted by Crippen LogP contribution is -2.47. The number of benzene rings is 1. The summed E-state index contributed by atoms with van der Waals surface area (Å²) in [6.45, 7) is 6.72. The van der Waals surface area contributed by atoms with Gasteiger partial charge in [0.1, 0.15) is 6.54 Å². The Labute approximate surface area is 235 Å². The fraction of sp³-hybridized carbons (Fsp3) is 0.500. The Kier molecular flexibility index (Phi) is 8.11. The lowest BCUT2D eigenvalue weighted by atomic mass is 10.2. The van der Waals surface area contributed by atoms with Crippen LogP contribution >= 0.6 is 23.2 Å². The molecule has 0 aliphatic carbocycles. The summed E-state index contributed by atoms with van der Waals surface area (Å²) in [6, 6.07) is 5.07. The molecule has 1 aliphatic rings. The zero-order valence-electron chi connectivity index (χ0n) is 22.4. The number of hydrogen-bond donors (Lipinski definition) is 0. The smallest absolute Gasteiger partial charge is 0.332 e. The summed E-state index contributed by atoms with van der Waals surface area (Å²) in [7, 11) is 3.09. The van der Waals surface area contributed by atoms with Crippen molar-refractivity contribution in [3.8, 4) is 11.5 Å². The molecule has 0 radical (unpaired) electrons. The van der Waals surface area contributed by atoms with E-state index in [2.05, 4.69) is 26.9 Å². The van der Waals surface area contributed by atoms with Gasteiger partial charge in [-0.2, -0.15) is 4.98 Å². The summed E-state index contributed by atoms with van der Waals surface area (Å²) in [5.74, 6) is 1.18. The Morgan fingerprint density at radius 2 is 1.72 bits per heavy atom. The summed E-state index contributed by atoms with van der Waals surface area (Å²) >= 11 is 12.2. The van der Waals surface area contributed by atoms with Crippen LogP contribution in [0.3, 0.4) is 0 Å². The normalized spacial score (nSPS) is 14.5. The Bertz CT molecular complexity index is 1600. The monoisotopic (exact) mass is 574 g/mol. The zero-order valence-corrected chi connectivity index (χ0v) is 23.9. The standard InChI is InChI=1S/C26H32Cl2N8O3/c1-4-5-6-7-10-34-11-13-35(14-12-34)25-29-22-21(24(37)33(3)26(38)32(22)2)36(25)16-20-30-31-23(39-20)17-8-9-18(27)19(28)15-17/h8-9,15H,4-7,10-14,16H2,1-3H3. The molecule has 0 spiro atoms. The van der Waals surface area contributed by atoms with Gasteiger partial charge >= 0.3 is 5.69 Å². The molecule has 3 aromatic heterocycles. The molecule has 4 heterocycles. The Balaban J connectivity index is 1.47. The van der Waals surface area contributed by atoms with E-state index in [1.807, 2.05) is 0 Å². The van der Waals surface area contributed by atoms with E-state index in [9.17, 15) is 9.59 Å². The van der Waals surface area contributed by atoms with Gasteiger partial charge in [-0.25, -0.2) is 4.79 Å². The van der Waals surface area contributed by atoms with Crippen molar-refractivity contribution in [3.63, 3.8) is 0 Å². The number of hydrogen-bond acceptors (Lipinski definition) is 8. The van der Waals surface area contributed by atoms with Gasteiger partial charge in [-0.15, -0.1) is 10.2 Å². The maximum absolute atomic E-state index is 13.3. The van der Waals surface area contributed by atoms with E-state index in [1.54, 1.807) is 29.8 Å². The number of rotatable bonds is 9. The van der Waals surface area contributed by atoms with Gasteiger partial charge in [0.15, 0.2) is 11.2 Å². The highest BCUT2D eigenvalue weighted by Crippen LogP contribution is 2.29. The quantitative estimate of drug-likeness (QED) is 0.279. The molecule has 0 amide bonds. The number of fused-ring (bicyclic) bond motifs is 1. The SMILES string of the molecule is CCCCCCN1CCN(c2nc3c(c(=O)n(C)c(=O)n3C)n2Cc2nnc(-c3ccc(Cl)c(Cl)c3)o2)CC1. The number of aryl methyl sites for hydroxylation is 1. The van der Waals surface area contributed by atoms with E-state index in [1.165, 1.54) is 37.3 Å². The molecule has 208 valence electrons. The molecule has 39 heavy (non-hydrogen) atoms. The molecule has 1 saturated heterocycles. The van der Waals surface area contributed by atoms with Crippen LogP contribution in [0.1, 0.15) is 38.5 Å². The molecular formula is C26H32Cl2N8O3. The third-order valence-electron chi connectivity index (χ3n) is 7.24. The van der Waals surface area contributed by atoms with Crippen LogP contribution in [0, 0.1) is 0 Å². The van der Waals surface area contributed by atoms with Gasteiger partial charge in [0, 0.05) is 45.8 Å². The molecule has 11 nitrogen and oxygen atoms in total. The van der Waals surface area contributed by atoms with Crippen LogP contribution in [-0.2, 0) is 20.6 Å². The fourth-order valence-corrected chi connectivity index (χ4v) is 5.26. The van der Waals surface area contributed by atoms with Gasteiger partial charge in [0.25, 0.3) is 5.56 Å². The second-order valence-corrected chi connectivity index (χ2v) is 10.7. The number of anilines is 1. The lowest BCUT2D eigenvalue weighted by Gasteiger charge is -2.35. The third-order valence-corrected chi connectivity index (χ3v) is 7.98. The van der Waals surface area contributed by atoms with Gasteiger partial charge < -0.3 is 9.32 Å². The number of imidazole rings is 1. The number of nitrogens with zero attached hydrogens (tertiary/aromatic N) is 8. The van der Waals surface area contributed by atoms with Gasteiger partial charge in [-0.1, -0.05) is 49.4 Å². The lowest BCUT2D eigenvalue weighted by molar-refractivity contribution is 0.250. The first-order chi connectivity index (χ1) is 18.8. The Morgan fingerprint density at radius 3 is 2.44 bits per heavy atom. The molecule has 13 heteroatoms. The van der Waals surface area contributed by atoms with E-state index in [0.717, 1.165) is 37.3 Å². The summed E-state index contributed by atoms with van der Waals surface area (Å²) in [5, 5.41) is 9.20. The molecule has 1 aromatic carbocycles. The van der Waals surface area contributed by atoms with Crippen molar-refractivity contribution >= 4 is 40.3 Å². The molecule has 1 fully saturated rings. The minimum atomic E-state index is -0.430. The molecule has 0 unspecified atom stereocenters. The molecule has 5 rings (SSSR count). The van der Waals surface area contributed by atoms with Gasteiger partial charge in [-0.05, 0) is 31.2 Å². The largest absolute Gasteiger partial charge is 0.419 e. The Hall–Kier alpha value is -3.15. The highest BCUT2D eigenvalue weighted by atomic mass is 35.5. The van der Waals surface area contributed by atoms with Gasteiger partial charge in [0.05, 0.1) is 10.0 Å². The maximum Gasteiger partial charge on any atom is 0.332 e. The molecule has 0 N–H and O–H groups in total. The Morgan fingerprint density at radius 1 is 0.949 bits per heavy atom. The molecule has 0 saturated carbocycles. The van der Waals surface area contributed by atoms with Crippen LogP contribution in [-0.4, -0.2) is 66.5 Å². The van der Waals surface area contributed by atoms with E-state index in [0.29, 0.717) is 38.6 Å². The second kappa shape index (κ2) is 11.5. The highest BCUT2D eigenvalue weighted by molar-refractivity contribution is 6.42. The first-order valence-corrected chi connectivity index (χ1v) is 14.0. The minimum absolute atomic E-state index is 0.116. The summed E-state index contributed by atoms with van der Waals surface area (Å²) in [4.78, 5) is 35.4. The van der Waals surface area contributed by atoms with Crippen molar-refractivity contribution in [3.05, 3.63) is 55.0 Å². The molecule has 0 atom stereocenters. The summed E-state index contributed by atoms with van der Waals surface area (Å²) < 4.78 is 10.2. The number of aromatic nitrogens is 6. The number of unbranched alkanes of at least 4 members (excludes halogenated alkanes) is 3. The molecule has 1 aliphatic heterocycles. The molecule has 0 bridgehead atoms. The summed E-state index contributed by atoms with van der Waals surface area (Å²) in [6.07, 6.45) is 4.93. The first-order valence-electron chi connectivity index (χ1n) is 13.2. The van der Waals surface area contributed by atoms with Crippen molar-refractivity contribution in [2.75, 3.05) is 37.6 Å². The van der Waals surface area contributed by atoms with E-state index < -0.39 is 11.2 Å². The van der Waals surface area contributed by atoms with E-state index in [4.69, 9.17) is 32.6 Å². The highest BCUT2D eigenvalue weighted by Gasteiger charge is 2.26. The van der Waals surface area contributed by atoms with Gasteiger partial charge in [0.2, 0.25) is 17.7 Å². The van der Waals surface area contributed by atoms with Crippen LogP contribution in [0.25, 0.3) is 22.6 Å². The third kappa shape index (κ3) is 5.48. The molecular weight excluding hydrogens is 543 g/mol. The second-order valence-electron chi connectivity index (χ2n) is 9.90. The van der Waals surface area contributed by atoms with Crippen molar-refractivity contribution in [1.29, 1.82) is 0 Å². The minimum Gasteiger partial charge on any atom is -0.419 e. The van der Waals surface area contributed by atoms with Gasteiger partial charge in [-0.3, -0.25) is 23.4 Å². The fourth-order valence-electron chi connectivity index (χ4n) is 4.96. The van der Waals surface area contributed by atoms with Crippen LogP contribution in [0.15, 0.2) is 32.2 Å². The zero-order chi connectivity index (χ0) is 27.7. The van der Waals surface area contributed by atoms with E-state index in [-0.39, 0.29) is 12.4 Å². The average Bonchev–Trinajstić information content (AvgIpc) is 3.56. The number of piperazine rings is 1. The van der Waals surface area contributed by atoms with Crippen molar-refractivity contribution < 1.29 is 4.42 Å². The average molecular weight is 576 g/mol. The number of halogens is 2. The molecule has 4 aromatic rings. The van der Waals surface area contributed by atoms with Crippen molar-refractivity contribution in [2.24, 2.45) is 14.1 Å². The predicted molar refractivity (Wildman–Crippen MR) is 152 cm³/mol. The topological polar surface area (TPSA) is 107 Å². The van der Waals surface area contributed by atoms with Crippen molar-refractivity contribution in [2.45, 2.75) is 39.2 Å². The maximum atomic E-state index is 13.3. The van der Waals surface area contributed by atoms with Crippen LogP contribution in [0.2, 0.25) is 10.0 Å². The first kappa shape index (κ1) is 27.4. The predicted octanol–water partition coefficient (Wildman–Crippen LogP) is 3.54. The van der Waals surface area contributed by atoms with E-state index >= 15 is 0 Å².